The molecule has 0 saturated carbocycles. The summed E-state index contributed by atoms with van der Waals surface area (Å²) in [6, 6.07) is 9.14. The maximum atomic E-state index is 11.9. The second-order valence-corrected chi connectivity index (χ2v) is 6.46. The van der Waals surface area contributed by atoms with Crippen LogP contribution in [0.1, 0.15) is 20.8 Å². The van der Waals surface area contributed by atoms with E-state index in [0.29, 0.717) is 16.3 Å². The van der Waals surface area contributed by atoms with E-state index in [1.807, 2.05) is 0 Å². The number of esters is 1. The molecule has 29 heavy (non-hydrogen) atoms. The fourth-order valence-corrected chi connectivity index (χ4v) is 2.28. The van der Waals surface area contributed by atoms with Gasteiger partial charge < -0.3 is 20.3 Å². The lowest BCUT2D eigenvalue weighted by atomic mass is 10.2. The number of amides is 3. The predicted molar refractivity (Wildman–Crippen MR) is 106 cm³/mol. The molecular weight excluding hydrogens is 400 g/mol. The molecule has 9 nitrogen and oxygen atoms in total. The van der Waals surface area contributed by atoms with Crippen LogP contribution in [0.2, 0.25) is 5.02 Å². The summed E-state index contributed by atoms with van der Waals surface area (Å²) in [4.78, 5) is 52.5. The minimum absolute atomic E-state index is 0.0549. The first kappa shape index (κ1) is 21.8. The van der Waals surface area contributed by atoms with Crippen molar-refractivity contribution in [2.45, 2.75) is 0 Å². The van der Waals surface area contributed by atoms with Gasteiger partial charge in [-0.2, -0.15) is 0 Å². The van der Waals surface area contributed by atoms with Crippen LogP contribution in [0.3, 0.4) is 0 Å². The zero-order valence-corrected chi connectivity index (χ0v) is 16.5. The molecule has 0 aliphatic heterocycles. The van der Waals surface area contributed by atoms with Crippen molar-refractivity contribution in [1.29, 1.82) is 0 Å². The summed E-state index contributed by atoms with van der Waals surface area (Å²) < 4.78 is 4.81. The van der Waals surface area contributed by atoms with Gasteiger partial charge in [-0.3, -0.25) is 24.2 Å². The Balaban J connectivity index is 1.75. The molecule has 152 valence electrons. The van der Waals surface area contributed by atoms with Crippen molar-refractivity contribution in [2.24, 2.45) is 0 Å². The Bertz CT molecular complexity index is 915. The molecule has 0 spiro atoms. The second-order valence-electron chi connectivity index (χ2n) is 6.03. The monoisotopic (exact) mass is 418 g/mol. The average Bonchev–Trinajstić information content (AvgIpc) is 2.70. The molecule has 1 aromatic carbocycles. The van der Waals surface area contributed by atoms with Gasteiger partial charge in [0.05, 0.1) is 0 Å². The van der Waals surface area contributed by atoms with Crippen LogP contribution in [-0.2, 0) is 14.3 Å². The van der Waals surface area contributed by atoms with E-state index in [2.05, 4.69) is 15.6 Å². The molecule has 0 bridgehead atoms. The summed E-state index contributed by atoms with van der Waals surface area (Å²) in [5.41, 5.74) is 0.977. The van der Waals surface area contributed by atoms with Gasteiger partial charge in [0, 0.05) is 36.6 Å². The van der Waals surface area contributed by atoms with Crippen LogP contribution in [0.25, 0.3) is 0 Å². The van der Waals surface area contributed by atoms with Crippen molar-refractivity contribution in [2.75, 3.05) is 32.6 Å². The van der Waals surface area contributed by atoms with E-state index in [9.17, 15) is 19.2 Å². The van der Waals surface area contributed by atoms with E-state index in [4.69, 9.17) is 16.3 Å². The zero-order valence-electron chi connectivity index (χ0n) is 15.8. The van der Waals surface area contributed by atoms with Crippen LogP contribution in [0.5, 0.6) is 0 Å². The van der Waals surface area contributed by atoms with Gasteiger partial charge in [0.25, 0.3) is 17.7 Å². The van der Waals surface area contributed by atoms with E-state index < -0.39 is 30.9 Å². The number of nitrogens with zero attached hydrogens (tertiary/aromatic N) is 2. The minimum Gasteiger partial charge on any atom is -0.454 e. The molecule has 2 N–H and O–H groups in total. The highest BCUT2D eigenvalue weighted by atomic mass is 35.5. The highest BCUT2D eigenvalue weighted by molar-refractivity contribution is 6.30. The highest BCUT2D eigenvalue weighted by Crippen LogP contribution is 2.11. The smallest absolute Gasteiger partial charge is 0.325 e. The first-order valence-electron chi connectivity index (χ1n) is 8.43. The molecule has 0 aliphatic carbocycles. The van der Waals surface area contributed by atoms with Crippen molar-refractivity contribution in [3.05, 3.63) is 58.9 Å². The fraction of sp³-hybridized carbons (Fsp3) is 0.211. The number of nitrogens with one attached hydrogen (secondary N) is 2. The third-order valence-corrected chi connectivity index (χ3v) is 3.77. The van der Waals surface area contributed by atoms with Crippen molar-refractivity contribution >= 4 is 41.0 Å². The Morgan fingerprint density at radius 1 is 1.10 bits per heavy atom. The van der Waals surface area contributed by atoms with Crippen LogP contribution in [0.15, 0.2) is 42.6 Å². The highest BCUT2D eigenvalue weighted by Gasteiger charge is 2.13. The van der Waals surface area contributed by atoms with E-state index in [-0.39, 0.29) is 11.6 Å². The molecule has 3 amide bonds. The van der Waals surface area contributed by atoms with Gasteiger partial charge in [-0.05, 0) is 36.4 Å². The van der Waals surface area contributed by atoms with Crippen molar-refractivity contribution in [3.63, 3.8) is 0 Å². The second kappa shape index (κ2) is 10.2. The van der Waals surface area contributed by atoms with E-state index >= 15 is 0 Å². The molecule has 0 atom stereocenters. The predicted octanol–water partition coefficient (Wildman–Crippen LogP) is 1.35. The topological polar surface area (TPSA) is 118 Å². The number of halogens is 1. The molecule has 0 unspecified atom stereocenters. The third-order valence-electron chi connectivity index (χ3n) is 3.53. The summed E-state index contributed by atoms with van der Waals surface area (Å²) in [5, 5.41) is 5.20. The molecule has 1 aromatic heterocycles. The average molecular weight is 419 g/mol. The van der Waals surface area contributed by atoms with Gasteiger partial charge in [-0.1, -0.05) is 11.6 Å². The molecule has 0 radical (unpaired) electrons. The Kier molecular flexibility index (Phi) is 7.67. The number of hydrogen-bond donors (Lipinski definition) is 2. The van der Waals surface area contributed by atoms with E-state index in [0.717, 1.165) is 0 Å². The zero-order chi connectivity index (χ0) is 21.4. The number of rotatable bonds is 7. The molecule has 0 aliphatic rings. The van der Waals surface area contributed by atoms with Gasteiger partial charge in [-0.25, -0.2) is 0 Å². The number of aromatic nitrogens is 1. The van der Waals surface area contributed by atoms with Crippen LogP contribution in [0.4, 0.5) is 5.69 Å². The van der Waals surface area contributed by atoms with Gasteiger partial charge in [0.2, 0.25) is 0 Å². The third kappa shape index (κ3) is 6.89. The maximum absolute atomic E-state index is 11.9. The van der Waals surface area contributed by atoms with Gasteiger partial charge >= 0.3 is 5.97 Å². The molecule has 0 saturated heterocycles. The molecular formula is C19H19ClN4O5. The number of carbonyl (C=O) groups is 4. The normalized spacial score (nSPS) is 10.0. The minimum atomic E-state index is -0.789. The lowest BCUT2D eigenvalue weighted by molar-refractivity contribution is -0.146. The van der Waals surface area contributed by atoms with Crippen molar-refractivity contribution < 1.29 is 23.9 Å². The summed E-state index contributed by atoms with van der Waals surface area (Å²) in [6.45, 7) is -0.954. The Morgan fingerprint density at radius 3 is 2.41 bits per heavy atom. The molecule has 1 heterocycles. The molecule has 2 rings (SSSR count). The van der Waals surface area contributed by atoms with Crippen LogP contribution in [-0.4, -0.2) is 60.8 Å². The number of ether oxygens (including phenoxy) is 1. The standard InChI is InChI=1S/C19H19ClN4O5/c1-24(2)19(28)12-3-5-14(6-4-12)23-16(25)11-29-17(26)10-22-18(27)15-9-13(20)7-8-21-15/h3-9H,10-11H2,1-2H3,(H,22,27)(H,23,25). The SMILES string of the molecule is CN(C)C(=O)c1ccc(NC(=O)COC(=O)CNC(=O)c2cc(Cl)ccn2)cc1. The van der Waals surface area contributed by atoms with E-state index in [1.54, 1.807) is 38.4 Å². The van der Waals surface area contributed by atoms with Crippen LogP contribution >= 0.6 is 11.6 Å². The summed E-state index contributed by atoms with van der Waals surface area (Å²) >= 11 is 5.77. The maximum Gasteiger partial charge on any atom is 0.325 e. The molecule has 0 fully saturated rings. The number of carbonyl (C=O) groups excluding carboxylic acids is 4. The first-order chi connectivity index (χ1) is 13.8. The first-order valence-corrected chi connectivity index (χ1v) is 8.81. The van der Waals surface area contributed by atoms with Crippen LogP contribution in [0, 0.1) is 0 Å². The molecule has 10 heteroatoms. The number of benzene rings is 1. The summed E-state index contributed by atoms with van der Waals surface area (Å²) in [5.74, 6) is -2.11. The van der Waals surface area contributed by atoms with E-state index in [1.165, 1.54) is 23.2 Å². The molecule has 2 aromatic rings. The summed E-state index contributed by atoms with van der Waals surface area (Å²) in [7, 11) is 3.28. The van der Waals surface area contributed by atoms with Gasteiger partial charge in [-0.15, -0.1) is 0 Å². The Hall–Kier alpha value is -3.46. The lowest BCUT2D eigenvalue weighted by Gasteiger charge is -2.11. The largest absolute Gasteiger partial charge is 0.454 e. The number of pyridine rings is 1. The quantitative estimate of drug-likeness (QED) is 0.655. The Morgan fingerprint density at radius 2 is 1.79 bits per heavy atom. The van der Waals surface area contributed by atoms with Crippen molar-refractivity contribution in [3.8, 4) is 0 Å². The van der Waals surface area contributed by atoms with Crippen molar-refractivity contribution in [1.82, 2.24) is 15.2 Å². The Labute approximate surface area is 172 Å². The van der Waals surface area contributed by atoms with Gasteiger partial charge in [0.1, 0.15) is 12.2 Å². The number of anilines is 1. The lowest BCUT2D eigenvalue weighted by Crippen LogP contribution is -2.32. The number of hydrogen-bond acceptors (Lipinski definition) is 6. The summed E-state index contributed by atoms with van der Waals surface area (Å²) in [6.07, 6.45) is 1.36. The van der Waals surface area contributed by atoms with Crippen LogP contribution < -0.4 is 10.6 Å². The van der Waals surface area contributed by atoms with Gasteiger partial charge in [0.15, 0.2) is 6.61 Å². The fourth-order valence-electron chi connectivity index (χ4n) is 2.12.